The Kier molecular flexibility index (Phi) is 11.2. The van der Waals surface area contributed by atoms with Gasteiger partial charge in [-0.05, 0) is 74.5 Å². The molecular formula is C27H32FN7O2. The highest BCUT2D eigenvalue weighted by molar-refractivity contribution is 6.01. The lowest BCUT2D eigenvalue weighted by Gasteiger charge is -2.23. The number of amidine groups is 1. The van der Waals surface area contributed by atoms with Gasteiger partial charge >= 0.3 is 0 Å². The summed E-state index contributed by atoms with van der Waals surface area (Å²) >= 11 is 0. The van der Waals surface area contributed by atoms with Crippen LogP contribution in [0.15, 0.2) is 54.7 Å². The number of hydrogen-bond acceptors (Lipinski definition) is 8. The standard InChI is InChI=1S/C11H17N5.C9H10N2O.C7H5FO/c1-8(2)16(7-12)11(13)9-5-4-6-10(14-3)15-9;1-11-4-7-2-9(6-12)10-3-8(7)5-11;8-7-3-1-6(5-9)2-4-7/h4-8,12-13H,1-3H3,(H,14,15);2-3,6H,4-5H2,1H3;1-5H. The summed E-state index contributed by atoms with van der Waals surface area (Å²) in [4.78, 5) is 32.4. The van der Waals surface area contributed by atoms with Crippen molar-refractivity contribution in [3.05, 3.63) is 88.6 Å². The molecule has 1 aliphatic heterocycles. The lowest BCUT2D eigenvalue weighted by molar-refractivity contribution is 0.111. The van der Waals surface area contributed by atoms with Crippen LogP contribution in [0.4, 0.5) is 10.2 Å². The molecule has 0 unspecified atom stereocenters. The molecule has 0 amide bonds. The molecule has 3 N–H and O–H groups in total. The number of pyridine rings is 2. The average molecular weight is 506 g/mol. The highest BCUT2D eigenvalue weighted by Crippen LogP contribution is 2.20. The number of aldehydes is 2. The second-order valence-corrected chi connectivity index (χ2v) is 8.47. The second kappa shape index (κ2) is 14.3. The van der Waals surface area contributed by atoms with E-state index in [1.807, 2.05) is 32.0 Å². The first-order valence-electron chi connectivity index (χ1n) is 11.6. The zero-order valence-electron chi connectivity index (χ0n) is 21.4. The van der Waals surface area contributed by atoms with E-state index in [1.165, 1.54) is 35.4 Å². The third-order valence-corrected chi connectivity index (χ3v) is 5.31. The molecule has 0 saturated carbocycles. The van der Waals surface area contributed by atoms with E-state index in [1.54, 1.807) is 24.2 Å². The number of rotatable bonds is 6. The molecule has 1 aromatic carbocycles. The SMILES string of the molecule is CN1Cc2cnc(C=O)cc2C1.CNc1cccc(C(=N)N(C=N)C(C)C)n1.O=Cc1ccc(F)cc1. The van der Waals surface area contributed by atoms with Crippen molar-refractivity contribution in [1.82, 2.24) is 19.8 Å². The summed E-state index contributed by atoms with van der Waals surface area (Å²) in [6.45, 7) is 5.74. The molecule has 3 heterocycles. The van der Waals surface area contributed by atoms with Crippen LogP contribution in [-0.2, 0) is 13.1 Å². The Hall–Kier alpha value is -4.31. The van der Waals surface area contributed by atoms with E-state index in [0.29, 0.717) is 23.2 Å². The molecule has 4 rings (SSSR count). The molecule has 0 atom stereocenters. The largest absolute Gasteiger partial charge is 0.373 e. The van der Waals surface area contributed by atoms with Crippen molar-refractivity contribution in [3.8, 4) is 0 Å². The van der Waals surface area contributed by atoms with Crippen molar-refractivity contribution in [3.63, 3.8) is 0 Å². The van der Waals surface area contributed by atoms with Crippen LogP contribution in [0.5, 0.6) is 0 Å². The number of aromatic nitrogens is 2. The summed E-state index contributed by atoms with van der Waals surface area (Å²) in [5.41, 5.74) is 4.06. The van der Waals surface area contributed by atoms with E-state index in [-0.39, 0.29) is 17.7 Å². The fourth-order valence-electron chi connectivity index (χ4n) is 3.39. The third-order valence-electron chi connectivity index (χ3n) is 5.31. The number of carbonyl (C=O) groups is 2. The van der Waals surface area contributed by atoms with Crippen molar-refractivity contribution in [2.75, 3.05) is 19.4 Å². The predicted molar refractivity (Wildman–Crippen MR) is 143 cm³/mol. The van der Waals surface area contributed by atoms with Gasteiger partial charge in [-0.2, -0.15) is 0 Å². The minimum atomic E-state index is -0.319. The predicted octanol–water partition coefficient (Wildman–Crippen LogP) is 4.24. The first-order chi connectivity index (χ1) is 17.7. The van der Waals surface area contributed by atoms with E-state index in [9.17, 15) is 14.0 Å². The highest BCUT2D eigenvalue weighted by atomic mass is 19.1. The molecular weight excluding hydrogens is 473 g/mol. The molecule has 3 aromatic rings. The van der Waals surface area contributed by atoms with Gasteiger partial charge in [-0.1, -0.05) is 6.07 Å². The van der Waals surface area contributed by atoms with Gasteiger partial charge in [-0.15, -0.1) is 0 Å². The lowest BCUT2D eigenvalue weighted by Crippen LogP contribution is -2.36. The molecule has 9 nitrogen and oxygen atoms in total. The minimum absolute atomic E-state index is 0.0741. The number of benzene rings is 1. The van der Waals surface area contributed by atoms with Crippen molar-refractivity contribution in [2.45, 2.75) is 33.0 Å². The molecule has 194 valence electrons. The van der Waals surface area contributed by atoms with Gasteiger partial charge < -0.3 is 10.2 Å². The van der Waals surface area contributed by atoms with Gasteiger partial charge in [0.05, 0.1) is 6.34 Å². The zero-order chi connectivity index (χ0) is 27.4. The fourth-order valence-corrected chi connectivity index (χ4v) is 3.39. The summed E-state index contributed by atoms with van der Waals surface area (Å²) in [7, 11) is 3.84. The van der Waals surface area contributed by atoms with Gasteiger partial charge in [-0.3, -0.25) is 30.3 Å². The molecule has 0 saturated heterocycles. The van der Waals surface area contributed by atoms with Crippen molar-refractivity contribution in [2.24, 2.45) is 0 Å². The van der Waals surface area contributed by atoms with Crippen LogP contribution >= 0.6 is 0 Å². The van der Waals surface area contributed by atoms with Gasteiger partial charge in [0.2, 0.25) is 0 Å². The van der Waals surface area contributed by atoms with E-state index in [2.05, 4.69) is 27.2 Å². The quantitative estimate of drug-likeness (QED) is 0.260. The van der Waals surface area contributed by atoms with Crippen molar-refractivity contribution < 1.29 is 14.0 Å². The number of anilines is 1. The van der Waals surface area contributed by atoms with Crippen LogP contribution in [0.2, 0.25) is 0 Å². The maximum Gasteiger partial charge on any atom is 0.168 e. The van der Waals surface area contributed by atoms with Gasteiger partial charge in [0, 0.05) is 37.9 Å². The molecule has 10 heteroatoms. The molecule has 0 bridgehead atoms. The van der Waals surface area contributed by atoms with Crippen LogP contribution in [-0.4, -0.2) is 64.7 Å². The Morgan fingerprint density at radius 2 is 1.78 bits per heavy atom. The summed E-state index contributed by atoms with van der Waals surface area (Å²) in [5, 5.41) is 18.2. The molecule has 0 aliphatic carbocycles. The summed E-state index contributed by atoms with van der Waals surface area (Å²) in [6.07, 6.45) is 4.42. The highest BCUT2D eigenvalue weighted by Gasteiger charge is 2.16. The van der Waals surface area contributed by atoms with Crippen LogP contribution in [0.3, 0.4) is 0 Å². The average Bonchev–Trinajstić information content (AvgIpc) is 3.29. The Morgan fingerprint density at radius 3 is 2.35 bits per heavy atom. The normalized spacial score (nSPS) is 11.7. The monoisotopic (exact) mass is 505 g/mol. The zero-order valence-corrected chi connectivity index (χ0v) is 21.4. The van der Waals surface area contributed by atoms with Crippen LogP contribution in [0, 0.1) is 16.6 Å². The molecule has 37 heavy (non-hydrogen) atoms. The van der Waals surface area contributed by atoms with Gasteiger partial charge in [-0.25, -0.2) is 9.37 Å². The maximum atomic E-state index is 12.1. The van der Waals surface area contributed by atoms with Crippen molar-refractivity contribution in [1.29, 1.82) is 10.8 Å². The second-order valence-electron chi connectivity index (χ2n) is 8.47. The molecule has 0 fully saturated rings. The smallest absolute Gasteiger partial charge is 0.168 e. The van der Waals surface area contributed by atoms with Crippen LogP contribution < -0.4 is 5.32 Å². The van der Waals surface area contributed by atoms with Gasteiger partial charge in [0.25, 0.3) is 0 Å². The van der Waals surface area contributed by atoms with Crippen molar-refractivity contribution >= 4 is 30.6 Å². The number of nitrogens with one attached hydrogen (secondary N) is 3. The Labute approximate surface area is 216 Å². The van der Waals surface area contributed by atoms with Gasteiger partial charge in [0.1, 0.15) is 29.3 Å². The maximum absolute atomic E-state index is 12.1. The molecule has 2 aromatic heterocycles. The topological polar surface area (TPSA) is 126 Å². The number of halogens is 1. The van der Waals surface area contributed by atoms with E-state index in [4.69, 9.17) is 10.8 Å². The Balaban J connectivity index is 0.000000203. The molecule has 0 radical (unpaired) electrons. The lowest BCUT2D eigenvalue weighted by atomic mass is 10.1. The number of nitrogens with zero attached hydrogens (tertiary/aromatic N) is 4. The van der Waals surface area contributed by atoms with Crippen LogP contribution in [0.1, 0.15) is 51.5 Å². The number of fused-ring (bicyclic) bond motifs is 1. The summed E-state index contributed by atoms with van der Waals surface area (Å²) in [6, 6.07) is 12.8. The Bertz CT molecular complexity index is 1220. The third kappa shape index (κ3) is 8.69. The van der Waals surface area contributed by atoms with Gasteiger partial charge in [0.15, 0.2) is 12.1 Å². The molecule has 1 aliphatic rings. The summed E-state index contributed by atoms with van der Waals surface area (Å²) in [5.74, 6) is 0.638. The van der Waals surface area contributed by atoms with E-state index in [0.717, 1.165) is 31.5 Å². The van der Waals surface area contributed by atoms with Crippen LogP contribution in [0.25, 0.3) is 0 Å². The fraction of sp³-hybridized carbons (Fsp3) is 0.259. The minimum Gasteiger partial charge on any atom is -0.373 e. The van der Waals surface area contributed by atoms with E-state index < -0.39 is 0 Å². The molecule has 0 spiro atoms. The number of hydrogen-bond donors (Lipinski definition) is 3. The first-order valence-corrected chi connectivity index (χ1v) is 11.6. The Morgan fingerprint density at radius 1 is 1.11 bits per heavy atom. The first kappa shape index (κ1) is 28.9. The summed E-state index contributed by atoms with van der Waals surface area (Å²) < 4.78 is 12.1. The number of carbonyl (C=O) groups excluding carboxylic acids is 2. The van der Waals surface area contributed by atoms with E-state index >= 15 is 0 Å².